The van der Waals surface area contributed by atoms with Gasteiger partial charge in [-0.3, -0.25) is 10.1 Å². The number of rotatable bonds is 17. The van der Waals surface area contributed by atoms with E-state index in [1.165, 1.54) is 5.64 Å². The molecule has 2 N–H and O–H groups in total. The lowest BCUT2D eigenvalue weighted by Crippen LogP contribution is -2.26. The molecule has 0 amide bonds. The van der Waals surface area contributed by atoms with Gasteiger partial charge >= 0.3 is 0 Å². The maximum atomic E-state index is 12.1. The molecule has 0 aliphatic carbocycles. The molecule has 0 aliphatic rings. The number of hydrogen-bond donors (Lipinski definition) is 3. The lowest BCUT2D eigenvalue weighted by Gasteiger charge is -2.28. The Morgan fingerprint density at radius 2 is 1.27 bits per heavy atom. The highest BCUT2D eigenvalue weighted by molar-refractivity contribution is 7.99. The number of hydrogen-bond acceptors (Lipinski definition) is 11. The largest absolute Gasteiger partial charge is 0.497 e. The van der Waals surface area contributed by atoms with E-state index in [4.69, 9.17) is 16.4 Å². The minimum atomic E-state index is -0.357. The molecule has 0 saturated heterocycles. The topological polar surface area (TPSA) is 129 Å². The Hall–Kier alpha value is -7.47. The van der Waals surface area contributed by atoms with Crippen LogP contribution in [-0.2, 0) is 25.5 Å². The van der Waals surface area contributed by atoms with Crippen molar-refractivity contribution in [3.63, 3.8) is 0 Å². The highest BCUT2D eigenvalue weighted by atomic mass is 32.2. The fraction of sp³-hybridized carbons (Fsp3) is 0.260. The number of nitrogens with one attached hydrogen (secondary N) is 1. The van der Waals surface area contributed by atoms with Gasteiger partial charge in [0.2, 0.25) is 0 Å². The summed E-state index contributed by atoms with van der Waals surface area (Å²) in [6, 6.07) is 12.8. The smallest absolute Gasteiger partial charge is 0.269 e. The van der Waals surface area contributed by atoms with Crippen LogP contribution in [0.3, 0.4) is 0 Å². The molecule has 0 unspecified atom stereocenters. The third-order valence-electron chi connectivity index (χ3n) is 7.19. The van der Waals surface area contributed by atoms with Crippen LogP contribution < -0.4 is 10.4 Å². The Balaban J connectivity index is -0.0000000588. The van der Waals surface area contributed by atoms with Gasteiger partial charge in [0.1, 0.15) is 12.0 Å². The van der Waals surface area contributed by atoms with Gasteiger partial charge in [-0.2, -0.15) is 0 Å². The predicted octanol–water partition coefficient (Wildman–Crippen LogP) is 10.7. The number of benzene rings is 2. The molecule has 2 rings (SSSR count). The number of thiol groups is 1. The number of nitro benzene ring substituents is 1. The Morgan fingerprint density at radius 1 is 0.806 bits per heavy atom. The van der Waals surface area contributed by atoms with E-state index >= 15 is 0 Å². The van der Waals surface area contributed by atoms with Gasteiger partial charge < -0.3 is 9.53 Å². The maximum absolute atomic E-state index is 12.1. The van der Waals surface area contributed by atoms with Crippen LogP contribution in [-0.4, -0.2) is 29.3 Å². The summed E-state index contributed by atoms with van der Waals surface area (Å²) in [6.45, 7) is 5.98. The molecule has 2 aromatic rings. The molecular weight excluding hydrogens is 821 g/mol. The summed E-state index contributed by atoms with van der Waals surface area (Å²) in [5.74, 6) is 58.4. The Labute approximate surface area is 396 Å². The van der Waals surface area contributed by atoms with Crippen LogP contribution in [0, 0.1) is 158 Å². The van der Waals surface area contributed by atoms with E-state index in [1.807, 2.05) is 30.3 Å². The molecule has 0 radical (unpaired) electrons. The minimum absolute atomic E-state index is 0. The minimum Gasteiger partial charge on any atom is -0.497 e. The van der Waals surface area contributed by atoms with Gasteiger partial charge in [-0.25, -0.2) is 5.26 Å². The van der Waals surface area contributed by atoms with Crippen LogP contribution in [0.2, 0.25) is 0 Å². The Bertz CT molecular complexity index is 2580. The number of carbonyl (C=O) groups is 1. The van der Waals surface area contributed by atoms with Gasteiger partial charge in [0.05, 0.1) is 12.0 Å². The van der Waals surface area contributed by atoms with E-state index in [9.17, 15) is 14.9 Å². The van der Waals surface area contributed by atoms with Gasteiger partial charge in [0.25, 0.3) is 5.69 Å². The van der Waals surface area contributed by atoms with Crippen LogP contribution >= 0.6 is 24.7 Å². The standard InChI is InChI=1S/C25H33NO4S.C25H4.H3NO4S.14H2/c1-4-6-14-25(18-27,15-7-5-2)19-31-24-13-10-22(26(28)29)17-21(24)16-20-8-11-23(30-3)12-9-20;1-3-5-7-9-11-13-15-17-19-21-23-25-24-22-20-18-16-14-12-10-8-6-4-2;2-3-1-4-5-6;;;;;;;;;;;;;;/h8-13,17-18H,4-7,14-16,19H2,1-3H3;1H,2H3;1-2,6H;14*1H. The van der Waals surface area contributed by atoms with E-state index in [2.05, 4.69) is 177 Å². The quantitative estimate of drug-likeness (QED) is 0.0162. The number of nitrogens with zero attached hydrogens (tertiary/aromatic N) is 1. The normalized spacial score (nSPS) is 8.08. The zero-order valence-electron chi connectivity index (χ0n) is 34.5. The van der Waals surface area contributed by atoms with Crippen LogP contribution in [0.15, 0.2) is 47.4 Å². The maximum Gasteiger partial charge on any atom is 0.269 e. The number of methoxy groups -OCH3 is 1. The van der Waals surface area contributed by atoms with Crippen LogP contribution in [0.4, 0.5) is 5.69 Å². The van der Waals surface area contributed by atoms with Crippen molar-refractivity contribution >= 4 is 36.6 Å². The molecule has 0 saturated carbocycles. The predicted molar refractivity (Wildman–Crippen MR) is 275 cm³/mol. The lowest BCUT2D eigenvalue weighted by atomic mass is 9.81. The van der Waals surface area contributed by atoms with E-state index in [-0.39, 0.29) is 36.0 Å². The van der Waals surface area contributed by atoms with Crippen molar-refractivity contribution in [2.75, 3.05) is 12.9 Å². The summed E-state index contributed by atoms with van der Waals surface area (Å²) >= 11 is 4.73. The van der Waals surface area contributed by atoms with E-state index in [1.54, 1.807) is 37.9 Å². The fourth-order valence-electron chi connectivity index (χ4n) is 4.34. The third kappa shape index (κ3) is 28.9. The number of aldehydes is 1. The van der Waals surface area contributed by atoms with E-state index in [0.717, 1.165) is 66.6 Å². The van der Waals surface area contributed by atoms with Gasteiger partial charge in [0, 0.05) is 96.6 Å². The Morgan fingerprint density at radius 3 is 1.63 bits per heavy atom. The first-order valence-electron chi connectivity index (χ1n) is 18.2. The average molecular weight is 889 g/mol. The summed E-state index contributed by atoms with van der Waals surface area (Å²) in [6.07, 6.45) is 12.6. The van der Waals surface area contributed by atoms with Crippen molar-refractivity contribution in [3.05, 3.63) is 63.7 Å². The molecule has 2 aromatic carbocycles. The van der Waals surface area contributed by atoms with Gasteiger partial charge in [-0.1, -0.05) is 57.6 Å². The SMILES string of the molecule is C#CC#CC#CC#CC#CC#CC#CC#CC#CC#CC#CC#CC.CCCCC(C=O)(CCCC)CSc1ccc([N+](=O)[O-])cc1Cc1ccc(OC)cc1.OONOOS.[HH].[HH].[HH].[HH].[HH].[HH].[HH].[HH].[HH].[HH].[HH].[HH].[HH].[HH]. The molecule has 0 fully saturated rings. The zero-order chi connectivity index (χ0) is 45.8. The number of non-ortho nitro benzene ring substituents is 1. The number of nitro groups is 1. The third-order valence-corrected chi connectivity index (χ3v) is 8.69. The van der Waals surface area contributed by atoms with E-state index in [0.29, 0.717) is 12.2 Å². The number of terminal acetylenes is 1. The second-order valence-corrected chi connectivity index (χ2v) is 12.6. The molecule has 62 heavy (non-hydrogen) atoms. The molecule has 0 aliphatic heterocycles. The summed E-state index contributed by atoms with van der Waals surface area (Å²) < 4.78 is 8.80. The van der Waals surface area contributed by atoms with E-state index < -0.39 is 0 Å². The number of carbonyl (C=O) groups excluding carboxylic acids is 1. The summed E-state index contributed by atoms with van der Waals surface area (Å²) in [5, 5.41) is 18.7. The van der Waals surface area contributed by atoms with Crippen molar-refractivity contribution in [2.24, 2.45) is 5.41 Å². The second-order valence-electron chi connectivity index (χ2n) is 11.4. The molecule has 0 bridgehead atoms. The highest BCUT2D eigenvalue weighted by Gasteiger charge is 2.29. The lowest BCUT2D eigenvalue weighted by molar-refractivity contribution is -0.437. The molecule has 0 aromatic heterocycles. The number of unbranched alkanes of at least 4 members (excludes halogenated alkanes) is 2. The van der Waals surface area contributed by atoms with Crippen LogP contribution in [0.25, 0.3) is 0 Å². The first-order chi connectivity index (χ1) is 30.3. The Kier molecular flexibility index (Phi) is 34.3. The molecule has 12 heteroatoms. The van der Waals surface area contributed by atoms with Crippen molar-refractivity contribution in [3.8, 4) is 148 Å². The molecule has 0 heterocycles. The first-order valence-corrected chi connectivity index (χ1v) is 19.5. The number of thioether (sulfide) groups is 1. The van der Waals surface area contributed by atoms with Crippen LogP contribution in [0.5, 0.6) is 5.75 Å². The van der Waals surface area contributed by atoms with Crippen molar-refractivity contribution in [1.82, 2.24) is 5.64 Å². The zero-order valence-corrected chi connectivity index (χ0v) is 36.2. The van der Waals surface area contributed by atoms with Crippen LogP contribution in [0.1, 0.15) is 90.4 Å². The average Bonchev–Trinajstić information content (AvgIpc) is 3.29. The highest BCUT2D eigenvalue weighted by Crippen LogP contribution is 2.38. The van der Waals surface area contributed by atoms with Gasteiger partial charge in [-0.05, 0) is 156 Å². The second kappa shape index (κ2) is 39.0. The van der Waals surface area contributed by atoms with Gasteiger partial charge in [0.15, 0.2) is 0 Å². The van der Waals surface area contributed by atoms with Crippen molar-refractivity contribution in [2.45, 2.75) is 70.6 Å². The summed E-state index contributed by atoms with van der Waals surface area (Å²) in [4.78, 5) is 30.9. The molecule has 0 spiro atoms. The van der Waals surface area contributed by atoms with Crippen molar-refractivity contribution in [1.29, 1.82) is 0 Å². The molecular formula is C50H68N2O8S2. The monoisotopic (exact) mass is 888 g/mol. The summed E-state index contributed by atoms with van der Waals surface area (Å²) in [7, 11) is 1.63. The van der Waals surface area contributed by atoms with Crippen molar-refractivity contribution < 1.29 is 54.0 Å². The first kappa shape index (κ1) is 54.5. The molecule has 10 nitrogen and oxygen atoms in total. The molecule has 338 valence electrons. The molecule has 0 atom stereocenters. The van der Waals surface area contributed by atoms with Gasteiger partial charge in [-0.15, -0.1) is 32.5 Å². The summed E-state index contributed by atoms with van der Waals surface area (Å²) in [5.41, 5.74) is 3.18. The number of ether oxygens (including phenoxy) is 1. The fourth-order valence-corrected chi connectivity index (χ4v) is 5.66.